The molecular weight excluding hydrogens is 256 g/mol. The molecule has 0 saturated heterocycles. The molecule has 0 spiro atoms. The molecule has 0 radical (unpaired) electrons. The number of benzene rings is 2. The summed E-state index contributed by atoms with van der Waals surface area (Å²) in [7, 11) is 0. The lowest BCUT2D eigenvalue weighted by Crippen LogP contribution is -2.26. The smallest absolute Gasteiger partial charge is 0.0992 e. The minimum Gasteiger partial charge on any atom is -0.328 e. The average molecular weight is 278 g/mol. The minimum absolute atomic E-state index is 0.896. The van der Waals surface area contributed by atoms with Gasteiger partial charge in [0.15, 0.2) is 0 Å². The first-order chi connectivity index (χ1) is 10.4. The van der Waals surface area contributed by atoms with Gasteiger partial charge in [0.2, 0.25) is 0 Å². The van der Waals surface area contributed by atoms with Crippen LogP contribution in [0.2, 0.25) is 0 Å². The summed E-state index contributed by atoms with van der Waals surface area (Å²) in [6, 6.07) is 21.3. The normalized spacial score (nSPS) is 14.4. The molecule has 3 rings (SSSR count). The molecule has 0 amide bonds. The van der Waals surface area contributed by atoms with E-state index in [-0.39, 0.29) is 0 Å². The minimum atomic E-state index is 0.896. The van der Waals surface area contributed by atoms with E-state index in [1.807, 2.05) is 0 Å². The van der Waals surface area contributed by atoms with Crippen molar-refractivity contribution in [3.63, 3.8) is 0 Å². The zero-order chi connectivity index (χ0) is 14.5. The van der Waals surface area contributed by atoms with Crippen LogP contribution in [0.4, 0.5) is 11.4 Å². The molecule has 0 atom stereocenters. The molecule has 0 aliphatic carbocycles. The van der Waals surface area contributed by atoms with E-state index < -0.39 is 0 Å². The van der Waals surface area contributed by atoms with Crippen LogP contribution in [-0.2, 0) is 0 Å². The maximum atomic E-state index is 2.42. The molecule has 21 heavy (non-hydrogen) atoms. The molecule has 108 valence electrons. The lowest BCUT2D eigenvalue weighted by Gasteiger charge is -2.24. The third-order valence-electron chi connectivity index (χ3n) is 3.89. The number of hydrogen-bond acceptors (Lipinski definition) is 2. The number of allylic oxidation sites excluding steroid dienone is 1. The van der Waals surface area contributed by atoms with Gasteiger partial charge in [-0.05, 0) is 37.1 Å². The van der Waals surface area contributed by atoms with E-state index in [9.17, 15) is 0 Å². The summed E-state index contributed by atoms with van der Waals surface area (Å²) in [5.74, 6) is 0. The van der Waals surface area contributed by atoms with Crippen LogP contribution in [0, 0.1) is 0 Å². The first-order valence-corrected chi connectivity index (χ1v) is 7.73. The van der Waals surface area contributed by atoms with Gasteiger partial charge >= 0.3 is 0 Å². The van der Waals surface area contributed by atoms with Crippen molar-refractivity contribution in [1.82, 2.24) is 0 Å². The molecule has 2 aromatic rings. The van der Waals surface area contributed by atoms with Crippen LogP contribution in [-0.4, -0.2) is 6.67 Å². The molecule has 1 heterocycles. The quantitative estimate of drug-likeness (QED) is 0.759. The van der Waals surface area contributed by atoms with Gasteiger partial charge in [-0.2, -0.15) is 0 Å². The van der Waals surface area contributed by atoms with Crippen molar-refractivity contribution in [2.24, 2.45) is 0 Å². The first kappa shape index (κ1) is 13.7. The monoisotopic (exact) mass is 278 g/mol. The fourth-order valence-electron chi connectivity index (χ4n) is 2.72. The number of rotatable bonds is 5. The van der Waals surface area contributed by atoms with Crippen LogP contribution in [0.1, 0.15) is 26.2 Å². The summed E-state index contributed by atoms with van der Waals surface area (Å²) >= 11 is 0. The van der Waals surface area contributed by atoms with Gasteiger partial charge in [0.1, 0.15) is 0 Å². The fourth-order valence-corrected chi connectivity index (χ4v) is 2.72. The van der Waals surface area contributed by atoms with Crippen molar-refractivity contribution in [2.75, 3.05) is 16.5 Å². The Kier molecular flexibility index (Phi) is 4.25. The number of hydrogen-bond donors (Lipinski definition) is 0. The zero-order valence-corrected chi connectivity index (χ0v) is 12.6. The zero-order valence-electron chi connectivity index (χ0n) is 12.6. The predicted octanol–water partition coefficient (Wildman–Crippen LogP) is 5.00. The maximum Gasteiger partial charge on any atom is 0.0992 e. The van der Waals surface area contributed by atoms with Crippen LogP contribution in [0.15, 0.2) is 72.6 Å². The number of para-hydroxylation sites is 2. The Morgan fingerprint density at radius 2 is 1.48 bits per heavy atom. The number of unbranched alkanes of at least 4 members (excludes halogenated alkanes) is 1. The Hall–Kier alpha value is -2.22. The highest BCUT2D eigenvalue weighted by atomic mass is 15.4. The molecule has 0 saturated carbocycles. The molecule has 2 nitrogen and oxygen atoms in total. The summed E-state index contributed by atoms with van der Waals surface area (Å²) in [5.41, 5.74) is 3.94. The second-order valence-electron chi connectivity index (χ2n) is 5.43. The summed E-state index contributed by atoms with van der Waals surface area (Å²) in [6.07, 6.45) is 5.90. The Morgan fingerprint density at radius 1 is 0.857 bits per heavy atom. The molecule has 2 heteroatoms. The SMILES string of the molecule is CCCCC1=CN(c2ccccc2)CN1c1ccccc1. The molecule has 0 aromatic heterocycles. The van der Waals surface area contributed by atoms with E-state index in [1.54, 1.807) is 0 Å². The largest absolute Gasteiger partial charge is 0.328 e. The van der Waals surface area contributed by atoms with Crippen molar-refractivity contribution < 1.29 is 0 Å². The van der Waals surface area contributed by atoms with Crippen LogP contribution in [0.25, 0.3) is 0 Å². The standard InChI is InChI=1S/C19H22N2/c1-2-3-10-19-15-20(17-11-6-4-7-12-17)16-21(19)18-13-8-5-9-14-18/h4-9,11-15H,2-3,10,16H2,1H3. The van der Waals surface area contributed by atoms with E-state index in [1.165, 1.54) is 29.9 Å². The van der Waals surface area contributed by atoms with Crippen molar-refractivity contribution >= 4 is 11.4 Å². The average Bonchev–Trinajstić information content (AvgIpc) is 2.99. The van der Waals surface area contributed by atoms with Gasteiger partial charge in [-0.1, -0.05) is 49.7 Å². The van der Waals surface area contributed by atoms with E-state index >= 15 is 0 Å². The number of anilines is 2. The lowest BCUT2D eigenvalue weighted by molar-refractivity contribution is 0.766. The molecule has 2 aromatic carbocycles. The van der Waals surface area contributed by atoms with E-state index in [2.05, 4.69) is 83.6 Å². The second-order valence-corrected chi connectivity index (χ2v) is 5.43. The fraction of sp³-hybridized carbons (Fsp3) is 0.263. The Bertz CT molecular complexity index is 589. The molecule has 0 unspecified atom stereocenters. The lowest BCUT2D eigenvalue weighted by atomic mass is 10.2. The van der Waals surface area contributed by atoms with Crippen LogP contribution >= 0.6 is 0 Å². The summed E-state index contributed by atoms with van der Waals surface area (Å²) in [6.45, 7) is 3.14. The van der Waals surface area contributed by atoms with E-state index in [0.29, 0.717) is 0 Å². The van der Waals surface area contributed by atoms with Gasteiger partial charge in [0.05, 0.1) is 6.67 Å². The van der Waals surface area contributed by atoms with Gasteiger partial charge in [-0.15, -0.1) is 0 Å². The van der Waals surface area contributed by atoms with E-state index in [4.69, 9.17) is 0 Å². The molecule has 1 aliphatic rings. The van der Waals surface area contributed by atoms with Gasteiger partial charge < -0.3 is 9.80 Å². The Morgan fingerprint density at radius 3 is 2.10 bits per heavy atom. The van der Waals surface area contributed by atoms with Crippen LogP contribution in [0.5, 0.6) is 0 Å². The highest BCUT2D eigenvalue weighted by Gasteiger charge is 2.22. The van der Waals surface area contributed by atoms with Gasteiger partial charge in [-0.3, -0.25) is 0 Å². The van der Waals surface area contributed by atoms with Crippen molar-refractivity contribution in [3.8, 4) is 0 Å². The molecular formula is C19H22N2. The molecule has 0 fully saturated rings. The van der Waals surface area contributed by atoms with Gasteiger partial charge in [0.25, 0.3) is 0 Å². The first-order valence-electron chi connectivity index (χ1n) is 7.73. The third-order valence-corrected chi connectivity index (χ3v) is 3.89. The summed E-state index contributed by atoms with van der Waals surface area (Å²) < 4.78 is 0. The van der Waals surface area contributed by atoms with Crippen LogP contribution in [0.3, 0.4) is 0 Å². The Labute approximate surface area is 127 Å². The van der Waals surface area contributed by atoms with Crippen molar-refractivity contribution in [3.05, 3.63) is 72.6 Å². The van der Waals surface area contributed by atoms with Gasteiger partial charge in [-0.25, -0.2) is 0 Å². The molecule has 0 N–H and O–H groups in total. The number of nitrogens with zero attached hydrogens (tertiary/aromatic N) is 2. The van der Waals surface area contributed by atoms with E-state index in [0.717, 1.165) is 13.1 Å². The van der Waals surface area contributed by atoms with Crippen molar-refractivity contribution in [1.29, 1.82) is 0 Å². The van der Waals surface area contributed by atoms with Gasteiger partial charge in [0, 0.05) is 23.3 Å². The highest BCUT2D eigenvalue weighted by Crippen LogP contribution is 2.30. The maximum absolute atomic E-state index is 2.42. The summed E-state index contributed by atoms with van der Waals surface area (Å²) in [4.78, 5) is 4.75. The second kappa shape index (κ2) is 6.49. The predicted molar refractivity (Wildman–Crippen MR) is 90.3 cm³/mol. The summed E-state index contributed by atoms with van der Waals surface area (Å²) in [5, 5.41) is 0. The van der Waals surface area contributed by atoms with Crippen molar-refractivity contribution in [2.45, 2.75) is 26.2 Å². The molecule has 0 bridgehead atoms. The highest BCUT2D eigenvalue weighted by molar-refractivity contribution is 5.61. The van der Waals surface area contributed by atoms with Crippen LogP contribution < -0.4 is 9.80 Å². The topological polar surface area (TPSA) is 6.48 Å². The third kappa shape index (κ3) is 3.10. The molecule has 1 aliphatic heterocycles. The Balaban J connectivity index is 1.86.